The van der Waals surface area contributed by atoms with Gasteiger partial charge in [0, 0.05) is 29.0 Å². The second-order valence-corrected chi connectivity index (χ2v) is 6.34. The minimum atomic E-state index is -3.69. The predicted octanol–water partition coefficient (Wildman–Crippen LogP) is 1.58. The number of rotatable bonds is 3. The lowest BCUT2D eigenvalue weighted by atomic mass is 10.3. The van der Waals surface area contributed by atoms with Crippen LogP contribution in [0.3, 0.4) is 0 Å². The van der Waals surface area contributed by atoms with Crippen LogP contribution in [-0.4, -0.2) is 18.4 Å². The highest BCUT2D eigenvalue weighted by Gasteiger charge is 2.11. The molecule has 0 spiro atoms. The Morgan fingerprint density at radius 2 is 1.78 bits per heavy atom. The Labute approximate surface area is 113 Å². The molecule has 94 valence electrons. The Morgan fingerprint density at radius 1 is 1.11 bits per heavy atom. The van der Waals surface area contributed by atoms with Crippen molar-refractivity contribution in [3.05, 3.63) is 41.7 Å². The van der Waals surface area contributed by atoms with E-state index < -0.39 is 9.05 Å². The molecule has 0 saturated carbocycles. The molecule has 0 saturated heterocycles. The van der Waals surface area contributed by atoms with Gasteiger partial charge in [0.2, 0.25) is 0 Å². The van der Waals surface area contributed by atoms with E-state index in [9.17, 15) is 8.42 Å². The Morgan fingerprint density at radius 3 is 2.33 bits per heavy atom. The van der Waals surface area contributed by atoms with Crippen molar-refractivity contribution in [2.24, 2.45) is 0 Å². The Hall–Kier alpha value is -1.21. The van der Waals surface area contributed by atoms with Crippen molar-refractivity contribution >= 4 is 43.0 Å². The lowest BCUT2D eigenvalue weighted by molar-refractivity contribution is -0.487. The normalized spacial score (nSPS) is 11.4. The Bertz CT molecular complexity index is 659. The van der Waals surface area contributed by atoms with Crippen LogP contribution in [0.25, 0.3) is 0 Å². The summed E-state index contributed by atoms with van der Waals surface area (Å²) >= 11 is 5.73. The second-order valence-electron chi connectivity index (χ2n) is 3.39. The number of nitrogens with two attached hydrogens (primary N) is 1. The molecule has 18 heavy (non-hydrogen) atoms. The van der Waals surface area contributed by atoms with Crippen molar-refractivity contribution in [2.45, 2.75) is 4.90 Å². The molecule has 0 bridgehead atoms. The van der Waals surface area contributed by atoms with E-state index in [-0.39, 0.29) is 4.90 Å². The van der Waals surface area contributed by atoms with Crippen LogP contribution in [0.5, 0.6) is 0 Å². The van der Waals surface area contributed by atoms with E-state index in [0.29, 0.717) is 11.1 Å². The first-order valence-corrected chi connectivity index (χ1v) is 7.52. The van der Waals surface area contributed by atoms with Gasteiger partial charge in [-0.25, -0.2) is 13.7 Å². The first kappa shape index (κ1) is 13.2. The summed E-state index contributed by atoms with van der Waals surface area (Å²) < 4.78 is 22.1. The Kier molecular flexibility index (Phi) is 3.82. The molecule has 0 atom stereocenters. The van der Waals surface area contributed by atoms with Crippen molar-refractivity contribution in [3.8, 4) is 0 Å². The highest BCUT2D eigenvalue weighted by molar-refractivity contribution is 8.13. The molecular formula is C10H8Cl2N3O2S+. The highest BCUT2D eigenvalue weighted by Crippen LogP contribution is 2.15. The van der Waals surface area contributed by atoms with Crippen molar-refractivity contribution in [1.29, 1.82) is 0 Å². The maximum absolute atomic E-state index is 11.1. The summed E-state index contributed by atoms with van der Waals surface area (Å²) in [5, 5.41) is 2.02. The van der Waals surface area contributed by atoms with Gasteiger partial charge in [-0.3, -0.25) is 0 Å². The lowest BCUT2D eigenvalue weighted by Gasteiger charge is -1.99. The average Bonchev–Trinajstić information content (AvgIpc) is 2.28. The van der Waals surface area contributed by atoms with Crippen LogP contribution >= 0.6 is 22.3 Å². The van der Waals surface area contributed by atoms with Gasteiger partial charge in [0.25, 0.3) is 9.05 Å². The third-order valence-corrected chi connectivity index (χ3v) is 3.68. The van der Waals surface area contributed by atoms with Crippen molar-refractivity contribution in [3.63, 3.8) is 0 Å². The van der Waals surface area contributed by atoms with Crippen LogP contribution in [0.15, 0.2) is 41.4 Å². The summed E-state index contributed by atoms with van der Waals surface area (Å²) in [5.41, 5.74) is 0.751. The molecule has 0 fully saturated rings. The predicted molar refractivity (Wildman–Crippen MR) is 67.8 cm³/mol. The molecule has 0 aliphatic rings. The maximum atomic E-state index is 11.1. The number of hydrogen-bond donors (Lipinski definition) is 1. The molecule has 5 nitrogen and oxygen atoms in total. The van der Waals surface area contributed by atoms with E-state index in [1.54, 1.807) is 29.7 Å². The van der Waals surface area contributed by atoms with E-state index in [1.807, 2.05) is 0 Å². The zero-order valence-electron chi connectivity index (χ0n) is 8.92. The molecule has 0 radical (unpaired) electrons. The number of quaternary nitrogens is 1. The number of nitrogens with zero attached hydrogens (tertiary/aromatic N) is 2. The minimum Gasteiger partial charge on any atom is -0.248 e. The van der Waals surface area contributed by atoms with Gasteiger partial charge in [-0.2, -0.15) is 9.97 Å². The fourth-order valence-corrected chi connectivity index (χ4v) is 2.21. The van der Waals surface area contributed by atoms with Gasteiger partial charge in [0.15, 0.2) is 0 Å². The van der Waals surface area contributed by atoms with Gasteiger partial charge in [-0.05, 0) is 18.2 Å². The molecule has 8 heteroatoms. The van der Waals surface area contributed by atoms with Crippen molar-refractivity contribution in [2.75, 3.05) is 0 Å². The largest absolute Gasteiger partial charge is 0.332 e. The van der Waals surface area contributed by atoms with E-state index >= 15 is 0 Å². The average molecular weight is 305 g/mol. The third kappa shape index (κ3) is 3.39. The molecular weight excluding hydrogens is 297 g/mol. The standard InChI is InChI=1S/C10H7Cl2N3O2S/c11-9-5-6-13-10(15-9)14-7-1-3-8(4-2-7)18(12,16)17/h1-6H,(H,13,14,15)/p+1. The van der Waals surface area contributed by atoms with Crippen molar-refractivity contribution < 1.29 is 13.7 Å². The van der Waals surface area contributed by atoms with Gasteiger partial charge in [-0.1, -0.05) is 11.6 Å². The Balaban J connectivity index is 2.21. The van der Waals surface area contributed by atoms with E-state index in [1.165, 1.54) is 12.1 Å². The van der Waals surface area contributed by atoms with E-state index in [0.717, 1.165) is 5.69 Å². The number of aromatic nitrogens is 2. The summed E-state index contributed by atoms with van der Waals surface area (Å²) in [4.78, 5) is 8.05. The number of hydrogen-bond acceptors (Lipinski definition) is 4. The number of benzene rings is 1. The van der Waals surface area contributed by atoms with E-state index in [4.69, 9.17) is 22.3 Å². The van der Waals surface area contributed by atoms with Crippen LogP contribution < -0.4 is 5.32 Å². The summed E-state index contributed by atoms with van der Waals surface area (Å²) in [5.74, 6) is 0.448. The molecule has 0 amide bonds. The second kappa shape index (κ2) is 5.19. The quantitative estimate of drug-likeness (QED) is 0.531. The third-order valence-electron chi connectivity index (χ3n) is 2.10. The molecule has 0 aliphatic heterocycles. The molecule has 0 aliphatic carbocycles. The molecule has 0 unspecified atom stereocenters. The fourth-order valence-electron chi connectivity index (χ4n) is 1.30. The van der Waals surface area contributed by atoms with Gasteiger partial charge in [0.1, 0.15) is 10.8 Å². The summed E-state index contributed by atoms with van der Waals surface area (Å²) in [6.45, 7) is 0. The first-order chi connectivity index (χ1) is 8.45. The zero-order valence-corrected chi connectivity index (χ0v) is 11.2. The molecule has 1 aromatic heterocycles. The molecule has 2 N–H and O–H groups in total. The van der Waals surface area contributed by atoms with Crippen LogP contribution in [0, 0.1) is 0 Å². The molecule has 2 rings (SSSR count). The SMILES string of the molecule is O=S(=O)(Cl)c1ccc([NH2+]c2nccc(Cl)n2)cc1. The highest BCUT2D eigenvalue weighted by atomic mass is 35.7. The first-order valence-electron chi connectivity index (χ1n) is 4.83. The van der Waals surface area contributed by atoms with Crippen LogP contribution in [0.4, 0.5) is 11.6 Å². The molecule has 1 heterocycles. The van der Waals surface area contributed by atoms with Crippen LogP contribution in [-0.2, 0) is 9.05 Å². The van der Waals surface area contributed by atoms with Gasteiger partial charge >= 0.3 is 5.95 Å². The smallest absolute Gasteiger partial charge is 0.248 e. The minimum absolute atomic E-state index is 0.0494. The molecule has 2 aromatic rings. The van der Waals surface area contributed by atoms with Gasteiger partial charge in [-0.15, -0.1) is 0 Å². The number of halogens is 2. The summed E-state index contributed by atoms with van der Waals surface area (Å²) in [6, 6.07) is 7.62. The van der Waals surface area contributed by atoms with Crippen LogP contribution in [0.1, 0.15) is 0 Å². The monoisotopic (exact) mass is 304 g/mol. The molecule has 1 aromatic carbocycles. The maximum Gasteiger partial charge on any atom is 0.332 e. The zero-order chi connectivity index (χ0) is 13.2. The van der Waals surface area contributed by atoms with E-state index in [2.05, 4.69) is 9.97 Å². The lowest BCUT2D eigenvalue weighted by Crippen LogP contribution is -2.72. The fraction of sp³-hybridized carbons (Fsp3) is 0. The van der Waals surface area contributed by atoms with Gasteiger partial charge < -0.3 is 0 Å². The van der Waals surface area contributed by atoms with Gasteiger partial charge in [0.05, 0.1) is 4.90 Å². The van der Waals surface area contributed by atoms with Crippen molar-refractivity contribution in [1.82, 2.24) is 9.97 Å². The van der Waals surface area contributed by atoms with Crippen LogP contribution in [0.2, 0.25) is 5.15 Å². The summed E-state index contributed by atoms with van der Waals surface area (Å²) in [7, 11) is 1.52. The topological polar surface area (TPSA) is 76.5 Å². The summed E-state index contributed by atoms with van der Waals surface area (Å²) in [6.07, 6.45) is 1.54.